The Morgan fingerprint density at radius 2 is 1.47 bits per heavy atom. The smallest absolute Gasteiger partial charge is 0.243 e. The largest absolute Gasteiger partial charge is 0.344 e. The lowest BCUT2D eigenvalue weighted by Gasteiger charge is -2.29. The fourth-order valence-electron chi connectivity index (χ4n) is 6.57. The standard InChI is InChI=1S/C39H47ClN6O4S/c1-2-33(47)42-31(24-34-43-29-21-20-28(40)23-32(29)51-34)38(49)46-36(27-17-9-10-18-27)39(50)44-30(19-11-12-22-41)37(48)45-35(25-13-5-3-6-14-25)26-15-7-4-8-16-26/h3-8,13-16,20-21,23,27,30-31,35-36H,2,9-12,17-19,22,24,41H2,1H3,(H,42,47)(H,44,50)(H,45,48)(H,46,49)/t30-,31-,36-/m0/s1. The molecule has 1 aliphatic carbocycles. The molecule has 0 radical (unpaired) electrons. The molecule has 3 atom stereocenters. The number of nitrogens with two attached hydrogens (primary N) is 1. The fraction of sp³-hybridized carbons (Fsp3) is 0.410. The number of amides is 4. The number of hydrogen-bond acceptors (Lipinski definition) is 7. The van der Waals surface area contributed by atoms with Gasteiger partial charge in [-0.1, -0.05) is 92.0 Å². The number of rotatable bonds is 17. The molecular formula is C39H47ClN6O4S. The van der Waals surface area contributed by atoms with E-state index in [0.29, 0.717) is 35.8 Å². The maximum atomic E-state index is 14.2. The third-order valence-corrected chi connectivity index (χ3v) is 10.6. The van der Waals surface area contributed by atoms with Crippen molar-refractivity contribution in [3.63, 3.8) is 0 Å². The number of nitrogens with one attached hydrogen (secondary N) is 4. The summed E-state index contributed by atoms with van der Waals surface area (Å²) >= 11 is 7.59. The van der Waals surface area contributed by atoms with E-state index >= 15 is 0 Å². The molecule has 0 unspecified atom stereocenters. The second-order valence-electron chi connectivity index (χ2n) is 13.0. The molecule has 1 saturated carbocycles. The van der Waals surface area contributed by atoms with Crippen molar-refractivity contribution >= 4 is 56.8 Å². The van der Waals surface area contributed by atoms with Gasteiger partial charge >= 0.3 is 0 Å². The fourth-order valence-corrected chi connectivity index (χ4v) is 7.86. The Morgan fingerprint density at radius 1 is 0.824 bits per heavy atom. The average Bonchev–Trinajstić information content (AvgIpc) is 3.82. The number of thiazole rings is 1. The molecule has 10 nitrogen and oxygen atoms in total. The molecule has 1 aliphatic rings. The van der Waals surface area contributed by atoms with Crippen LogP contribution in [0.3, 0.4) is 0 Å². The zero-order valence-electron chi connectivity index (χ0n) is 28.9. The zero-order valence-corrected chi connectivity index (χ0v) is 30.5. The summed E-state index contributed by atoms with van der Waals surface area (Å²) < 4.78 is 0.877. The number of hydrogen-bond donors (Lipinski definition) is 5. The van der Waals surface area contributed by atoms with Crippen molar-refractivity contribution in [3.05, 3.63) is 100 Å². The number of nitrogens with zero attached hydrogens (tertiary/aromatic N) is 1. The van der Waals surface area contributed by atoms with E-state index in [1.165, 1.54) is 11.3 Å². The van der Waals surface area contributed by atoms with E-state index in [9.17, 15) is 19.2 Å². The molecule has 1 fully saturated rings. The summed E-state index contributed by atoms with van der Waals surface area (Å²) in [6.45, 7) is 2.18. The summed E-state index contributed by atoms with van der Waals surface area (Å²) in [5.74, 6) is -1.62. The Bertz CT molecular complexity index is 1730. The first-order valence-corrected chi connectivity index (χ1v) is 19.0. The minimum atomic E-state index is -0.952. The summed E-state index contributed by atoms with van der Waals surface area (Å²) in [4.78, 5) is 59.5. The van der Waals surface area contributed by atoms with Crippen molar-refractivity contribution in [3.8, 4) is 0 Å². The normalized spacial score (nSPS) is 14.9. The first kappa shape index (κ1) is 37.9. The van der Waals surface area contributed by atoms with Crippen LogP contribution < -0.4 is 27.0 Å². The number of carbonyl (C=O) groups is 4. The Hall–Kier alpha value is -4.32. The van der Waals surface area contributed by atoms with Crippen LogP contribution >= 0.6 is 22.9 Å². The SMILES string of the molecule is CCC(=O)N[C@@H](Cc1nc2ccc(Cl)cc2s1)C(=O)N[C@H](C(=O)N[C@@H](CCCCN)C(=O)NC(c1ccccc1)c1ccccc1)C1CCCC1. The minimum Gasteiger partial charge on any atom is -0.344 e. The number of benzene rings is 3. The number of aromatic nitrogens is 1. The van der Waals surface area contributed by atoms with E-state index in [1.54, 1.807) is 13.0 Å². The highest BCUT2D eigenvalue weighted by Gasteiger charge is 2.36. The van der Waals surface area contributed by atoms with Gasteiger partial charge in [0, 0.05) is 17.9 Å². The summed E-state index contributed by atoms with van der Waals surface area (Å²) in [5, 5.41) is 13.3. The Labute approximate surface area is 308 Å². The molecule has 1 aromatic heterocycles. The van der Waals surface area contributed by atoms with Crippen LogP contribution in [0.1, 0.15) is 80.5 Å². The molecule has 0 spiro atoms. The molecule has 5 rings (SSSR count). The predicted molar refractivity (Wildman–Crippen MR) is 202 cm³/mol. The van der Waals surface area contributed by atoms with Crippen molar-refractivity contribution in [2.45, 2.75) is 88.9 Å². The van der Waals surface area contributed by atoms with Crippen LogP contribution in [0.5, 0.6) is 0 Å². The summed E-state index contributed by atoms with van der Waals surface area (Å²) in [6.07, 6.45) is 5.45. The molecule has 6 N–H and O–H groups in total. The topological polar surface area (TPSA) is 155 Å². The number of unbranched alkanes of at least 4 members (excludes halogenated alkanes) is 1. The number of halogens is 1. The van der Waals surface area contributed by atoms with Gasteiger partial charge in [0.15, 0.2) is 0 Å². The highest BCUT2D eigenvalue weighted by atomic mass is 35.5. The van der Waals surface area contributed by atoms with Gasteiger partial charge in [-0.2, -0.15) is 0 Å². The minimum absolute atomic E-state index is 0.116. The van der Waals surface area contributed by atoms with Gasteiger partial charge in [0.1, 0.15) is 18.1 Å². The van der Waals surface area contributed by atoms with Crippen LogP contribution in [0, 0.1) is 5.92 Å². The molecule has 0 saturated heterocycles. The van der Waals surface area contributed by atoms with Crippen LogP contribution in [0.15, 0.2) is 78.9 Å². The molecule has 51 heavy (non-hydrogen) atoms. The quantitative estimate of drug-likeness (QED) is 0.0894. The summed E-state index contributed by atoms with van der Waals surface area (Å²) in [5.41, 5.74) is 8.37. The molecule has 0 bridgehead atoms. The summed E-state index contributed by atoms with van der Waals surface area (Å²) in [6, 6.07) is 21.7. The third kappa shape index (κ3) is 10.6. The predicted octanol–water partition coefficient (Wildman–Crippen LogP) is 5.58. The second-order valence-corrected chi connectivity index (χ2v) is 14.6. The van der Waals surface area contributed by atoms with E-state index in [-0.39, 0.29) is 30.6 Å². The maximum absolute atomic E-state index is 14.2. The van der Waals surface area contributed by atoms with Crippen LogP contribution in [-0.4, -0.2) is 53.3 Å². The van der Waals surface area contributed by atoms with E-state index in [1.807, 2.05) is 72.8 Å². The second kappa shape index (κ2) is 18.8. The molecule has 1 heterocycles. The molecule has 3 aromatic carbocycles. The molecule has 270 valence electrons. The van der Waals surface area contributed by atoms with E-state index in [0.717, 1.165) is 47.0 Å². The van der Waals surface area contributed by atoms with Crippen LogP contribution in [0.4, 0.5) is 0 Å². The summed E-state index contributed by atoms with van der Waals surface area (Å²) in [7, 11) is 0. The van der Waals surface area contributed by atoms with Gasteiger partial charge in [-0.05, 0) is 73.9 Å². The van der Waals surface area contributed by atoms with Crippen molar-refractivity contribution in [1.29, 1.82) is 0 Å². The lowest BCUT2D eigenvalue weighted by atomic mass is 9.95. The lowest BCUT2D eigenvalue weighted by Crippen LogP contribution is -2.59. The third-order valence-electron chi connectivity index (χ3n) is 9.33. The van der Waals surface area contributed by atoms with Crippen molar-refractivity contribution < 1.29 is 19.2 Å². The van der Waals surface area contributed by atoms with E-state index < -0.39 is 36.0 Å². The van der Waals surface area contributed by atoms with Crippen molar-refractivity contribution in [2.24, 2.45) is 11.7 Å². The van der Waals surface area contributed by atoms with Crippen LogP contribution in [0.2, 0.25) is 5.02 Å². The van der Waals surface area contributed by atoms with Crippen LogP contribution in [0.25, 0.3) is 10.2 Å². The molecule has 4 amide bonds. The van der Waals surface area contributed by atoms with Crippen LogP contribution in [-0.2, 0) is 25.6 Å². The zero-order chi connectivity index (χ0) is 36.2. The Balaban J connectivity index is 1.36. The molecule has 12 heteroatoms. The maximum Gasteiger partial charge on any atom is 0.243 e. The van der Waals surface area contributed by atoms with Gasteiger partial charge in [0.2, 0.25) is 23.6 Å². The molecule has 4 aromatic rings. The van der Waals surface area contributed by atoms with Gasteiger partial charge in [0.25, 0.3) is 0 Å². The number of fused-ring (bicyclic) bond motifs is 1. The van der Waals surface area contributed by atoms with Gasteiger partial charge in [-0.15, -0.1) is 11.3 Å². The average molecular weight is 731 g/mol. The Kier molecular flexibility index (Phi) is 14.0. The van der Waals surface area contributed by atoms with Gasteiger partial charge in [-0.25, -0.2) is 4.98 Å². The van der Waals surface area contributed by atoms with E-state index in [2.05, 4.69) is 26.3 Å². The molecule has 0 aliphatic heterocycles. The first-order valence-electron chi connectivity index (χ1n) is 17.8. The lowest BCUT2D eigenvalue weighted by molar-refractivity contribution is -0.135. The van der Waals surface area contributed by atoms with Crippen molar-refractivity contribution in [1.82, 2.24) is 26.3 Å². The highest BCUT2D eigenvalue weighted by Crippen LogP contribution is 2.29. The Morgan fingerprint density at radius 3 is 2.10 bits per heavy atom. The highest BCUT2D eigenvalue weighted by molar-refractivity contribution is 7.18. The van der Waals surface area contributed by atoms with Gasteiger partial charge in [-0.3, -0.25) is 19.2 Å². The van der Waals surface area contributed by atoms with Gasteiger partial charge < -0.3 is 27.0 Å². The number of carbonyl (C=O) groups excluding carboxylic acids is 4. The van der Waals surface area contributed by atoms with Gasteiger partial charge in [0.05, 0.1) is 21.3 Å². The molecular weight excluding hydrogens is 684 g/mol. The van der Waals surface area contributed by atoms with E-state index in [4.69, 9.17) is 17.3 Å². The van der Waals surface area contributed by atoms with Crippen molar-refractivity contribution in [2.75, 3.05) is 6.54 Å². The monoisotopic (exact) mass is 730 g/mol. The first-order chi connectivity index (χ1) is 24.7.